The van der Waals surface area contributed by atoms with E-state index in [1.165, 1.54) is 0 Å². The zero-order chi connectivity index (χ0) is 14.6. The molecule has 106 valence electrons. The van der Waals surface area contributed by atoms with Gasteiger partial charge in [0, 0.05) is 12.6 Å². The van der Waals surface area contributed by atoms with E-state index in [2.05, 4.69) is 0 Å². The molecular formula is C10H9F5N2O2. The van der Waals surface area contributed by atoms with E-state index in [-0.39, 0.29) is 12.1 Å². The SMILES string of the molecule is O=[N+]([O-])c1ccc(CNCC(F)(F)C(F)F)cc1F. The predicted molar refractivity (Wildman–Crippen MR) is 55.7 cm³/mol. The van der Waals surface area contributed by atoms with Crippen LogP contribution in [0.1, 0.15) is 5.56 Å². The molecule has 0 atom stereocenters. The summed E-state index contributed by atoms with van der Waals surface area (Å²) in [5.41, 5.74) is -0.616. The van der Waals surface area contributed by atoms with Crippen molar-refractivity contribution in [3.05, 3.63) is 39.7 Å². The van der Waals surface area contributed by atoms with Crippen molar-refractivity contribution in [3.8, 4) is 0 Å². The molecule has 0 bridgehead atoms. The van der Waals surface area contributed by atoms with Crippen molar-refractivity contribution in [1.29, 1.82) is 0 Å². The van der Waals surface area contributed by atoms with Crippen LogP contribution in [-0.2, 0) is 6.54 Å². The fraction of sp³-hybridized carbons (Fsp3) is 0.400. The summed E-state index contributed by atoms with van der Waals surface area (Å²) in [4.78, 5) is 9.39. The molecule has 0 fully saturated rings. The highest BCUT2D eigenvalue weighted by Crippen LogP contribution is 2.22. The van der Waals surface area contributed by atoms with Gasteiger partial charge in [-0.1, -0.05) is 6.07 Å². The highest BCUT2D eigenvalue weighted by Gasteiger charge is 2.39. The average molecular weight is 284 g/mol. The molecule has 0 saturated carbocycles. The van der Waals surface area contributed by atoms with Crippen molar-refractivity contribution < 1.29 is 26.9 Å². The molecule has 1 aromatic rings. The molecule has 0 saturated heterocycles. The number of hydrogen-bond donors (Lipinski definition) is 1. The summed E-state index contributed by atoms with van der Waals surface area (Å²) in [5, 5.41) is 12.4. The lowest BCUT2D eigenvalue weighted by molar-refractivity contribution is -0.387. The Labute approximate surface area is 104 Å². The van der Waals surface area contributed by atoms with Crippen LogP contribution in [0.3, 0.4) is 0 Å². The number of rotatable bonds is 6. The summed E-state index contributed by atoms with van der Waals surface area (Å²) in [5.74, 6) is -5.30. The van der Waals surface area contributed by atoms with Crippen LogP contribution in [0.4, 0.5) is 27.6 Å². The van der Waals surface area contributed by atoms with Crippen LogP contribution in [-0.4, -0.2) is 23.8 Å². The van der Waals surface area contributed by atoms with Gasteiger partial charge in [0.05, 0.1) is 11.5 Å². The standard InChI is InChI=1S/C10H9F5N2O2/c11-7-3-6(1-2-8(7)17(18)19)4-16-5-10(14,15)9(12)13/h1-3,9,16H,4-5H2. The smallest absolute Gasteiger partial charge is 0.307 e. The van der Waals surface area contributed by atoms with E-state index in [9.17, 15) is 32.1 Å². The molecule has 9 heteroatoms. The fourth-order valence-corrected chi connectivity index (χ4v) is 1.26. The summed E-state index contributed by atoms with van der Waals surface area (Å²) in [7, 11) is 0. The second kappa shape index (κ2) is 5.91. The average Bonchev–Trinajstić information content (AvgIpc) is 2.28. The second-order valence-electron chi connectivity index (χ2n) is 3.71. The minimum Gasteiger partial charge on any atom is -0.307 e. The zero-order valence-electron chi connectivity index (χ0n) is 9.38. The summed E-state index contributed by atoms with van der Waals surface area (Å²) in [6.45, 7) is -1.58. The first-order valence-electron chi connectivity index (χ1n) is 5.03. The van der Waals surface area contributed by atoms with Crippen molar-refractivity contribution in [3.63, 3.8) is 0 Å². The van der Waals surface area contributed by atoms with Gasteiger partial charge in [0.1, 0.15) is 0 Å². The highest BCUT2D eigenvalue weighted by atomic mass is 19.3. The lowest BCUT2D eigenvalue weighted by Gasteiger charge is -2.15. The largest absolute Gasteiger partial charge is 0.319 e. The van der Waals surface area contributed by atoms with Crippen LogP contribution in [0.2, 0.25) is 0 Å². The van der Waals surface area contributed by atoms with Gasteiger partial charge < -0.3 is 5.32 Å². The number of benzene rings is 1. The zero-order valence-corrected chi connectivity index (χ0v) is 9.38. The predicted octanol–water partition coefficient (Wildman–Crippen LogP) is 2.72. The van der Waals surface area contributed by atoms with Gasteiger partial charge in [0.25, 0.3) is 0 Å². The molecule has 0 amide bonds. The Morgan fingerprint density at radius 1 is 1.37 bits per heavy atom. The summed E-state index contributed by atoms with van der Waals surface area (Å²) in [6, 6.07) is 2.80. The van der Waals surface area contributed by atoms with E-state index in [0.717, 1.165) is 18.2 Å². The molecule has 19 heavy (non-hydrogen) atoms. The van der Waals surface area contributed by atoms with Crippen LogP contribution in [0, 0.1) is 15.9 Å². The molecule has 0 aliphatic carbocycles. The van der Waals surface area contributed by atoms with Gasteiger partial charge in [-0.2, -0.15) is 13.2 Å². The number of nitrogens with one attached hydrogen (secondary N) is 1. The lowest BCUT2D eigenvalue weighted by atomic mass is 10.2. The van der Waals surface area contributed by atoms with E-state index < -0.39 is 35.3 Å². The second-order valence-corrected chi connectivity index (χ2v) is 3.71. The van der Waals surface area contributed by atoms with E-state index in [4.69, 9.17) is 0 Å². The van der Waals surface area contributed by atoms with Gasteiger partial charge in [-0.15, -0.1) is 0 Å². The molecule has 0 heterocycles. The van der Waals surface area contributed by atoms with Gasteiger partial charge in [0.2, 0.25) is 5.82 Å². The normalized spacial score (nSPS) is 11.9. The molecule has 0 unspecified atom stereocenters. The van der Waals surface area contributed by atoms with Crippen LogP contribution in [0.25, 0.3) is 0 Å². The Morgan fingerprint density at radius 2 is 2.00 bits per heavy atom. The minimum absolute atomic E-state index is 0.133. The van der Waals surface area contributed by atoms with Gasteiger partial charge in [-0.05, 0) is 11.6 Å². The van der Waals surface area contributed by atoms with Crippen molar-refractivity contribution in [1.82, 2.24) is 5.32 Å². The van der Waals surface area contributed by atoms with Crippen LogP contribution in [0.15, 0.2) is 18.2 Å². The molecular weight excluding hydrogens is 275 g/mol. The summed E-state index contributed by atoms with van der Waals surface area (Å²) < 4.78 is 61.8. The van der Waals surface area contributed by atoms with E-state index in [1.807, 2.05) is 5.32 Å². The maximum absolute atomic E-state index is 13.2. The van der Waals surface area contributed by atoms with E-state index in [1.54, 1.807) is 0 Å². The first kappa shape index (κ1) is 15.3. The van der Waals surface area contributed by atoms with Crippen LogP contribution >= 0.6 is 0 Å². The molecule has 4 nitrogen and oxygen atoms in total. The van der Waals surface area contributed by atoms with Crippen molar-refractivity contribution in [2.24, 2.45) is 0 Å². The number of nitro benzene ring substituents is 1. The quantitative estimate of drug-likeness (QED) is 0.496. The third kappa shape index (κ3) is 4.12. The van der Waals surface area contributed by atoms with Gasteiger partial charge in [-0.3, -0.25) is 10.1 Å². The summed E-state index contributed by atoms with van der Waals surface area (Å²) in [6.07, 6.45) is -3.80. The Morgan fingerprint density at radius 3 is 2.47 bits per heavy atom. The van der Waals surface area contributed by atoms with Crippen molar-refractivity contribution >= 4 is 5.69 Å². The Hall–Kier alpha value is -1.77. The highest BCUT2D eigenvalue weighted by molar-refractivity contribution is 5.34. The molecule has 1 rings (SSSR count). The van der Waals surface area contributed by atoms with Crippen LogP contribution in [0.5, 0.6) is 0 Å². The Kier molecular flexibility index (Phi) is 4.76. The Bertz CT molecular complexity index is 467. The van der Waals surface area contributed by atoms with Gasteiger partial charge >= 0.3 is 18.0 Å². The minimum atomic E-state index is -4.18. The third-order valence-corrected chi connectivity index (χ3v) is 2.22. The van der Waals surface area contributed by atoms with Gasteiger partial charge in [-0.25, -0.2) is 8.78 Å². The van der Waals surface area contributed by atoms with Gasteiger partial charge in [0.15, 0.2) is 0 Å². The van der Waals surface area contributed by atoms with E-state index >= 15 is 0 Å². The lowest BCUT2D eigenvalue weighted by Crippen LogP contribution is -2.38. The molecule has 0 spiro atoms. The third-order valence-electron chi connectivity index (χ3n) is 2.22. The number of halogens is 5. The first-order valence-corrected chi connectivity index (χ1v) is 5.03. The maximum atomic E-state index is 13.2. The molecule has 0 aliphatic heterocycles. The summed E-state index contributed by atoms with van der Waals surface area (Å²) >= 11 is 0. The van der Waals surface area contributed by atoms with Crippen molar-refractivity contribution in [2.45, 2.75) is 18.9 Å². The maximum Gasteiger partial charge on any atom is 0.319 e. The topological polar surface area (TPSA) is 55.2 Å². The number of nitro groups is 1. The first-order chi connectivity index (χ1) is 8.74. The molecule has 0 radical (unpaired) electrons. The Balaban J connectivity index is 2.60. The molecule has 1 N–H and O–H groups in total. The molecule has 1 aromatic carbocycles. The fourth-order valence-electron chi connectivity index (χ4n) is 1.26. The molecule has 0 aromatic heterocycles. The number of nitrogens with zero attached hydrogens (tertiary/aromatic N) is 1. The monoisotopic (exact) mass is 284 g/mol. The number of alkyl halides is 4. The van der Waals surface area contributed by atoms with Crippen molar-refractivity contribution in [2.75, 3.05) is 6.54 Å². The van der Waals surface area contributed by atoms with E-state index in [0.29, 0.717) is 0 Å². The van der Waals surface area contributed by atoms with Crippen LogP contribution < -0.4 is 5.32 Å². The number of hydrogen-bond acceptors (Lipinski definition) is 3. The molecule has 0 aliphatic rings.